The number of allylic oxidation sites excluding steroid dienone is 1. The Balaban J connectivity index is 2.60. The summed E-state index contributed by atoms with van der Waals surface area (Å²) in [5.41, 5.74) is 1.46. The van der Waals surface area contributed by atoms with Crippen LogP contribution in [0.25, 0.3) is 0 Å². The summed E-state index contributed by atoms with van der Waals surface area (Å²) in [5.74, 6) is -1.12. The molecule has 1 rings (SSSR count). The Kier molecular flexibility index (Phi) is 5.48. The zero-order valence-corrected chi connectivity index (χ0v) is 11.4. The molecule has 0 aromatic heterocycles. The van der Waals surface area contributed by atoms with Gasteiger partial charge in [-0.1, -0.05) is 32.1 Å². The minimum absolute atomic E-state index is 0.244. The van der Waals surface area contributed by atoms with E-state index in [2.05, 4.69) is 17.2 Å². The van der Waals surface area contributed by atoms with Gasteiger partial charge in [-0.25, -0.2) is 0 Å². The molecule has 0 spiro atoms. The number of rotatable bonds is 5. The molecular weight excluding hydrogens is 244 g/mol. The summed E-state index contributed by atoms with van der Waals surface area (Å²) in [6.07, 6.45) is 4.06. The van der Waals surface area contributed by atoms with Gasteiger partial charge < -0.3 is 5.32 Å². The Morgan fingerprint density at radius 1 is 1.42 bits per heavy atom. The smallest absolute Gasteiger partial charge is 0.251 e. The molecule has 1 fully saturated rings. The molecule has 1 heterocycles. The van der Waals surface area contributed by atoms with Gasteiger partial charge in [0.05, 0.1) is 0 Å². The number of hydrogen-bond donors (Lipinski definition) is 2. The maximum absolute atomic E-state index is 11.9. The van der Waals surface area contributed by atoms with Gasteiger partial charge in [0.1, 0.15) is 6.04 Å². The molecule has 2 N–H and O–H groups in total. The van der Waals surface area contributed by atoms with Gasteiger partial charge in [-0.3, -0.25) is 19.7 Å². The highest BCUT2D eigenvalue weighted by atomic mass is 16.2. The Bertz CT molecular complexity index is 432. The molecule has 1 atom stereocenters. The van der Waals surface area contributed by atoms with Crippen molar-refractivity contribution in [2.75, 3.05) is 0 Å². The molecule has 0 saturated carbocycles. The van der Waals surface area contributed by atoms with Crippen LogP contribution in [0.4, 0.5) is 0 Å². The molecule has 104 valence electrons. The molecule has 1 unspecified atom stereocenters. The van der Waals surface area contributed by atoms with Crippen molar-refractivity contribution in [2.24, 2.45) is 0 Å². The summed E-state index contributed by atoms with van der Waals surface area (Å²) in [6.45, 7) is 7.74. The van der Waals surface area contributed by atoms with Crippen LogP contribution < -0.4 is 10.6 Å². The monoisotopic (exact) mass is 264 g/mol. The number of hydrogen-bond acceptors (Lipinski definition) is 3. The van der Waals surface area contributed by atoms with Gasteiger partial charge in [0.2, 0.25) is 11.8 Å². The van der Waals surface area contributed by atoms with Crippen LogP contribution in [0.5, 0.6) is 0 Å². The quantitative estimate of drug-likeness (QED) is 0.445. The van der Waals surface area contributed by atoms with Crippen molar-refractivity contribution >= 4 is 17.7 Å². The van der Waals surface area contributed by atoms with Crippen LogP contribution in [-0.4, -0.2) is 23.8 Å². The van der Waals surface area contributed by atoms with Gasteiger partial charge in [-0.05, 0) is 19.3 Å². The van der Waals surface area contributed by atoms with Crippen LogP contribution in [0.15, 0.2) is 23.8 Å². The first kappa shape index (κ1) is 15.1. The van der Waals surface area contributed by atoms with Gasteiger partial charge in [-0.2, -0.15) is 0 Å². The molecule has 19 heavy (non-hydrogen) atoms. The Morgan fingerprint density at radius 2 is 2.05 bits per heavy atom. The second kappa shape index (κ2) is 6.87. The highest BCUT2D eigenvalue weighted by Gasteiger charge is 2.27. The average Bonchev–Trinajstić information content (AvgIpc) is 2.38. The largest absolute Gasteiger partial charge is 0.340 e. The van der Waals surface area contributed by atoms with E-state index in [0.29, 0.717) is 12.0 Å². The molecule has 5 heteroatoms. The van der Waals surface area contributed by atoms with Gasteiger partial charge >= 0.3 is 0 Å². The molecule has 0 bridgehead atoms. The van der Waals surface area contributed by atoms with Gasteiger partial charge in [0.15, 0.2) is 0 Å². The highest BCUT2D eigenvalue weighted by Crippen LogP contribution is 2.10. The number of piperidine rings is 1. The van der Waals surface area contributed by atoms with E-state index in [1.54, 1.807) is 6.08 Å². The number of carbonyl (C=O) groups excluding carboxylic acids is 3. The van der Waals surface area contributed by atoms with Crippen molar-refractivity contribution in [3.8, 4) is 0 Å². The Hall–Kier alpha value is -1.91. The van der Waals surface area contributed by atoms with Crippen molar-refractivity contribution < 1.29 is 14.4 Å². The summed E-state index contributed by atoms with van der Waals surface area (Å²) in [4.78, 5) is 34.4. The lowest BCUT2D eigenvalue weighted by atomic mass is 10.0. The Labute approximate surface area is 113 Å². The molecule has 5 nitrogen and oxygen atoms in total. The van der Waals surface area contributed by atoms with Gasteiger partial charge in [0.25, 0.3) is 5.91 Å². The van der Waals surface area contributed by atoms with E-state index in [0.717, 1.165) is 18.4 Å². The zero-order valence-electron chi connectivity index (χ0n) is 11.4. The van der Waals surface area contributed by atoms with Crippen molar-refractivity contribution in [3.05, 3.63) is 23.8 Å². The third-order valence-electron chi connectivity index (χ3n) is 3.12. The average molecular weight is 264 g/mol. The van der Waals surface area contributed by atoms with Crippen molar-refractivity contribution in [1.29, 1.82) is 0 Å². The molecular formula is C14H20N2O3. The van der Waals surface area contributed by atoms with Crippen LogP contribution in [0.1, 0.15) is 39.5 Å². The molecule has 1 saturated heterocycles. The molecule has 0 aliphatic carbocycles. The summed E-state index contributed by atoms with van der Waals surface area (Å²) < 4.78 is 0. The van der Waals surface area contributed by atoms with Crippen LogP contribution in [-0.2, 0) is 14.4 Å². The third-order valence-corrected chi connectivity index (χ3v) is 3.12. The summed E-state index contributed by atoms with van der Waals surface area (Å²) >= 11 is 0. The van der Waals surface area contributed by atoms with E-state index in [4.69, 9.17) is 0 Å². The van der Waals surface area contributed by atoms with E-state index < -0.39 is 11.9 Å². The molecule has 1 aliphatic rings. The summed E-state index contributed by atoms with van der Waals surface area (Å²) in [6, 6.07) is -0.651. The van der Waals surface area contributed by atoms with E-state index in [1.807, 2.05) is 13.8 Å². The molecule has 0 aromatic rings. The number of imide groups is 1. The maximum Gasteiger partial charge on any atom is 0.251 e. The maximum atomic E-state index is 11.9. The predicted molar refractivity (Wildman–Crippen MR) is 72.1 cm³/mol. The zero-order chi connectivity index (χ0) is 14.4. The summed E-state index contributed by atoms with van der Waals surface area (Å²) in [5, 5.41) is 4.79. The first-order valence-electron chi connectivity index (χ1n) is 6.50. The predicted octanol–water partition coefficient (Wildman–Crippen LogP) is 1.21. The second-order valence-corrected chi connectivity index (χ2v) is 4.51. The number of nitrogens with one attached hydrogen (secondary N) is 2. The lowest BCUT2D eigenvalue weighted by Crippen LogP contribution is -2.52. The molecule has 3 amide bonds. The van der Waals surface area contributed by atoms with Crippen molar-refractivity contribution in [1.82, 2.24) is 10.6 Å². The topological polar surface area (TPSA) is 75.3 Å². The van der Waals surface area contributed by atoms with Crippen LogP contribution >= 0.6 is 0 Å². The van der Waals surface area contributed by atoms with Crippen LogP contribution in [0.3, 0.4) is 0 Å². The van der Waals surface area contributed by atoms with Crippen molar-refractivity contribution in [3.63, 3.8) is 0 Å². The fourth-order valence-corrected chi connectivity index (χ4v) is 1.85. The lowest BCUT2D eigenvalue weighted by Gasteiger charge is -2.21. The normalized spacial score (nSPS) is 18.5. The summed E-state index contributed by atoms with van der Waals surface area (Å²) in [7, 11) is 0. The van der Waals surface area contributed by atoms with E-state index in [-0.39, 0.29) is 18.2 Å². The lowest BCUT2D eigenvalue weighted by molar-refractivity contribution is -0.136. The second-order valence-electron chi connectivity index (χ2n) is 4.51. The van der Waals surface area contributed by atoms with Crippen LogP contribution in [0.2, 0.25) is 0 Å². The number of carbonyl (C=O) groups is 3. The van der Waals surface area contributed by atoms with Crippen LogP contribution in [0, 0.1) is 0 Å². The molecule has 0 aromatic carbocycles. The van der Waals surface area contributed by atoms with E-state index in [9.17, 15) is 14.4 Å². The molecule has 1 aliphatic heterocycles. The van der Waals surface area contributed by atoms with Gasteiger partial charge in [0, 0.05) is 12.0 Å². The van der Waals surface area contributed by atoms with Gasteiger partial charge in [-0.15, -0.1) is 0 Å². The fraction of sp³-hybridized carbons (Fsp3) is 0.500. The molecule has 0 radical (unpaired) electrons. The van der Waals surface area contributed by atoms with E-state index in [1.165, 1.54) is 0 Å². The Morgan fingerprint density at radius 3 is 2.58 bits per heavy atom. The minimum Gasteiger partial charge on any atom is -0.340 e. The first-order chi connectivity index (χ1) is 8.97. The SMILES string of the molecule is C=C(C=C(CC)CC)C(=O)NC1CCC(=O)NC1=O. The first-order valence-corrected chi connectivity index (χ1v) is 6.50. The fourth-order valence-electron chi connectivity index (χ4n) is 1.85. The minimum atomic E-state index is -0.651. The highest BCUT2D eigenvalue weighted by molar-refractivity contribution is 6.04. The third kappa shape index (κ3) is 4.35. The standard InChI is InChI=1S/C14H20N2O3/c1-4-10(5-2)8-9(3)13(18)15-11-6-7-12(17)16-14(11)19/h8,11H,3-7H2,1-2H3,(H,15,18)(H,16,17,19). The van der Waals surface area contributed by atoms with Crippen molar-refractivity contribution in [2.45, 2.75) is 45.6 Å². The number of amides is 3. The van der Waals surface area contributed by atoms with E-state index >= 15 is 0 Å².